The van der Waals surface area contributed by atoms with E-state index < -0.39 is 0 Å². The summed E-state index contributed by atoms with van der Waals surface area (Å²) in [5, 5.41) is 9.04. The summed E-state index contributed by atoms with van der Waals surface area (Å²) in [6, 6.07) is 18.1. The second-order valence-electron chi connectivity index (χ2n) is 9.15. The summed E-state index contributed by atoms with van der Waals surface area (Å²) in [7, 11) is 3.96. The second kappa shape index (κ2) is 12.6. The molecule has 0 saturated carbocycles. The SMILES string of the molecule is Cc1ccc(NC(=O)c2ccc(NC(=O)CCCN(C)C)cc2)cc1Nc1nccc(-c2cccnc2)n1. The van der Waals surface area contributed by atoms with E-state index in [2.05, 4.69) is 30.9 Å². The van der Waals surface area contributed by atoms with Crippen molar-refractivity contribution in [1.82, 2.24) is 19.9 Å². The number of benzene rings is 2. The van der Waals surface area contributed by atoms with Gasteiger partial charge in [0.2, 0.25) is 11.9 Å². The fourth-order valence-electron chi connectivity index (χ4n) is 3.74. The lowest BCUT2D eigenvalue weighted by atomic mass is 10.1. The Bertz CT molecular complexity index is 1390. The molecule has 2 heterocycles. The highest BCUT2D eigenvalue weighted by Crippen LogP contribution is 2.25. The third-order valence-corrected chi connectivity index (χ3v) is 5.79. The van der Waals surface area contributed by atoms with E-state index in [-0.39, 0.29) is 11.8 Å². The van der Waals surface area contributed by atoms with Gasteiger partial charge in [-0.25, -0.2) is 9.97 Å². The van der Waals surface area contributed by atoms with Gasteiger partial charge >= 0.3 is 0 Å². The van der Waals surface area contributed by atoms with Crippen molar-refractivity contribution in [2.45, 2.75) is 19.8 Å². The fourth-order valence-corrected chi connectivity index (χ4v) is 3.74. The van der Waals surface area contributed by atoms with Crippen molar-refractivity contribution in [3.8, 4) is 11.3 Å². The normalized spacial score (nSPS) is 10.7. The Balaban J connectivity index is 1.38. The van der Waals surface area contributed by atoms with Crippen molar-refractivity contribution < 1.29 is 9.59 Å². The number of anilines is 4. The van der Waals surface area contributed by atoms with Crippen molar-refractivity contribution in [2.24, 2.45) is 0 Å². The van der Waals surface area contributed by atoms with Crippen molar-refractivity contribution in [3.63, 3.8) is 0 Å². The molecule has 0 atom stereocenters. The van der Waals surface area contributed by atoms with Gasteiger partial charge in [0.1, 0.15) is 0 Å². The molecule has 0 radical (unpaired) electrons. The minimum atomic E-state index is -0.251. The number of carbonyl (C=O) groups is 2. The van der Waals surface area contributed by atoms with E-state index in [1.54, 1.807) is 42.9 Å². The van der Waals surface area contributed by atoms with Crippen LogP contribution in [0, 0.1) is 6.92 Å². The molecule has 2 aromatic carbocycles. The van der Waals surface area contributed by atoms with Gasteiger partial charge in [-0.3, -0.25) is 14.6 Å². The first-order valence-electron chi connectivity index (χ1n) is 12.3. The van der Waals surface area contributed by atoms with Gasteiger partial charge in [-0.15, -0.1) is 0 Å². The molecule has 0 aliphatic heterocycles. The number of pyridine rings is 1. The molecule has 0 aliphatic carbocycles. The van der Waals surface area contributed by atoms with E-state index in [1.165, 1.54) is 0 Å². The van der Waals surface area contributed by atoms with E-state index in [9.17, 15) is 9.59 Å². The maximum atomic E-state index is 12.9. The second-order valence-corrected chi connectivity index (χ2v) is 9.15. The Kier molecular flexibility index (Phi) is 8.73. The number of amides is 2. The molecule has 0 spiro atoms. The van der Waals surface area contributed by atoms with Crippen LogP contribution < -0.4 is 16.0 Å². The largest absolute Gasteiger partial charge is 0.326 e. The molecule has 4 aromatic rings. The molecule has 9 heteroatoms. The van der Waals surface area contributed by atoms with Crippen LogP contribution in [0.2, 0.25) is 0 Å². The maximum absolute atomic E-state index is 12.9. The molecule has 4 rings (SSSR count). The van der Waals surface area contributed by atoms with Gasteiger partial charge in [-0.2, -0.15) is 0 Å². The summed E-state index contributed by atoms with van der Waals surface area (Å²) >= 11 is 0. The minimum Gasteiger partial charge on any atom is -0.326 e. The van der Waals surface area contributed by atoms with Crippen LogP contribution in [0.15, 0.2) is 79.3 Å². The zero-order chi connectivity index (χ0) is 26.9. The van der Waals surface area contributed by atoms with Crippen LogP contribution in [0.3, 0.4) is 0 Å². The van der Waals surface area contributed by atoms with E-state index in [1.807, 2.05) is 62.3 Å². The fraction of sp³-hybridized carbons (Fsp3) is 0.207. The van der Waals surface area contributed by atoms with Crippen LogP contribution in [0.4, 0.5) is 23.0 Å². The third kappa shape index (κ3) is 7.44. The average molecular weight is 510 g/mol. The Hall–Kier alpha value is -4.63. The van der Waals surface area contributed by atoms with Gasteiger partial charge in [-0.05, 0) is 94.1 Å². The predicted molar refractivity (Wildman–Crippen MR) is 151 cm³/mol. The van der Waals surface area contributed by atoms with E-state index >= 15 is 0 Å². The summed E-state index contributed by atoms with van der Waals surface area (Å²) in [5.74, 6) is 0.148. The number of hydrogen-bond donors (Lipinski definition) is 3. The van der Waals surface area contributed by atoms with Gasteiger partial charge in [0.15, 0.2) is 0 Å². The number of carbonyl (C=O) groups excluding carboxylic acids is 2. The van der Waals surface area contributed by atoms with Crippen LogP contribution in [0.5, 0.6) is 0 Å². The van der Waals surface area contributed by atoms with E-state index in [0.29, 0.717) is 29.3 Å². The number of hydrogen-bond acceptors (Lipinski definition) is 7. The highest BCUT2D eigenvalue weighted by Gasteiger charge is 2.10. The average Bonchev–Trinajstić information content (AvgIpc) is 2.91. The number of rotatable bonds is 10. The monoisotopic (exact) mass is 509 g/mol. The Labute approximate surface area is 222 Å². The van der Waals surface area contributed by atoms with Crippen LogP contribution in [-0.4, -0.2) is 52.3 Å². The van der Waals surface area contributed by atoms with Crippen molar-refractivity contribution in [1.29, 1.82) is 0 Å². The predicted octanol–water partition coefficient (Wildman–Crippen LogP) is 5.12. The molecule has 2 aromatic heterocycles. The first-order chi connectivity index (χ1) is 18.4. The number of aromatic nitrogens is 3. The highest BCUT2D eigenvalue weighted by molar-refractivity contribution is 6.05. The summed E-state index contributed by atoms with van der Waals surface area (Å²) in [6.07, 6.45) is 6.39. The molecule has 0 aliphatic rings. The minimum absolute atomic E-state index is 0.0429. The van der Waals surface area contributed by atoms with Gasteiger partial charge in [0, 0.05) is 53.2 Å². The molecule has 194 valence electrons. The standard InChI is InChI=1S/C29H31N7O2/c1-20-8-11-24(18-26(20)35-29-31-16-14-25(34-29)22-6-4-15-30-19-22)33-28(38)21-9-12-23(13-10-21)32-27(37)7-5-17-36(2)3/h4,6,8-16,18-19H,5,7,17H2,1-3H3,(H,32,37)(H,33,38)(H,31,34,35). The van der Waals surface area contributed by atoms with E-state index in [0.717, 1.165) is 35.5 Å². The number of nitrogens with one attached hydrogen (secondary N) is 3. The zero-order valence-electron chi connectivity index (χ0n) is 21.7. The maximum Gasteiger partial charge on any atom is 0.255 e. The molecular weight excluding hydrogens is 478 g/mol. The molecule has 0 unspecified atom stereocenters. The highest BCUT2D eigenvalue weighted by atomic mass is 16.2. The van der Waals surface area contributed by atoms with Gasteiger partial charge in [0.25, 0.3) is 5.91 Å². The third-order valence-electron chi connectivity index (χ3n) is 5.79. The molecular formula is C29H31N7O2. The topological polar surface area (TPSA) is 112 Å². The van der Waals surface area contributed by atoms with Gasteiger partial charge in [-0.1, -0.05) is 6.07 Å². The first kappa shape index (κ1) is 26.4. The Morgan fingerprint density at radius 2 is 1.71 bits per heavy atom. The molecule has 3 N–H and O–H groups in total. The Morgan fingerprint density at radius 3 is 2.45 bits per heavy atom. The smallest absolute Gasteiger partial charge is 0.255 e. The van der Waals surface area contributed by atoms with Crippen LogP contribution in [0.1, 0.15) is 28.8 Å². The molecule has 0 fully saturated rings. The Morgan fingerprint density at radius 1 is 0.921 bits per heavy atom. The molecule has 0 saturated heterocycles. The molecule has 2 amide bonds. The van der Waals surface area contributed by atoms with Crippen LogP contribution >= 0.6 is 0 Å². The summed E-state index contributed by atoms with van der Waals surface area (Å²) in [6.45, 7) is 2.82. The first-order valence-corrected chi connectivity index (χ1v) is 12.3. The van der Waals surface area contributed by atoms with E-state index in [4.69, 9.17) is 0 Å². The van der Waals surface area contributed by atoms with Crippen molar-refractivity contribution in [2.75, 3.05) is 36.6 Å². The van der Waals surface area contributed by atoms with Crippen molar-refractivity contribution in [3.05, 3.63) is 90.4 Å². The van der Waals surface area contributed by atoms with Gasteiger partial charge in [0.05, 0.1) is 5.69 Å². The zero-order valence-corrected chi connectivity index (χ0v) is 21.7. The summed E-state index contributed by atoms with van der Waals surface area (Å²) in [5.41, 5.74) is 5.17. The van der Waals surface area contributed by atoms with Crippen molar-refractivity contribution >= 4 is 34.8 Å². The lowest BCUT2D eigenvalue weighted by Crippen LogP contribution is -2.17. The summed E-state index contributed by atoms with van der Waals surface area (Å²) < 4.78 is 0. The molecule has 9 nitrogen and oxygen atoms in total. The van der Waals surface area contributed by atoms with Gasteiger partial charge < -0.3 is 20.9 Å². The number of aryl methyl sites for hydroxylation is 1. The van der Waals surface area contributed by atoms with Crippen LogP contribution in [-0.2, 0) is 4.79 Å². The lowest BCUT2D eigenvalue weighted by molar-refractivity contribution is -0.116. The molecule has 38 heavy (non-hydrogen) atoms. The lowest BCUT2D eigenvalue weighted by Gasteiger charge is -2.12. The summed E-state index contributed by atoms with van der Waals surface area (Å²) in [4.78, 5) is 40.1. The number of nitrogens with zero attached hydrogens (tertiary/aromatic N) is 4. The quantitative estimate of drug-likeness (QED) is 0.272. The molecule has 0 bridgehead atoms. The van der Waals surface area contributed by atoms with Crippen LogP contribution in [0.25, 0.3) is 11.3 Å².